The predicted molar refractivity (Wildman–Crippen MR) is 78.1 cm³/mol. The largest absolute Gasteiger partial charge is 0.398 e. The van der Waals surface area contributed by atoms with Crippen LogP contribution in [-0.2, 0) is 9.59 Å². The van der Waals surface area contributed by atoms with E-state index in [2.05, 4.69) is 4.98 Å². The number of rotatable bonds is 1. The molecule has 1 saturated carbocycles. The van der Waals surface area contributed by atoms with Crippen molar-refractivity contribution >= 4 is 28.2 Å². The van der Waals surface area contributed by atoms with E-state index in [0.29, 0.717) is 0 Å². The number of carbonyl (C=O) groups is 2. The van der Waals surface area contributed by atoms with Crippen LogP contribution in [0.15, 0.2) is 22.9 Å². The molecule has 21 heavy (non-hydrogen) atoms. The molecule has 2 N–H and O–H groups in total. The number of anilines is 1. The van der Waals surface area contributed by atoms with Gasteiger partial charge in [-0.3, -0.25) is 19.0 Å². The molecule has 3 rings (SSSR count). The van der Waals surface area contributed by atoms with Crippen LogP contribution >= 0.6 is 0 Å². The highest BCUT2D eigenvalue weighted by atomic mass is 16.2. The van der Waals surface area contributed by atoms with Gasteiger partial charge in [0.2, 0.25) is 0 Å². The molecule has 1 aliphatic rings. The molecule has 0 aliphatic heterocycles. The number of hydrogen-bond acceptors (Lipinski definition) is 5. The van der Waals surface area contributed by atoms with E-state index in [0.717, 1.165) is 4.57 Å². The monoisotopic (exact) mass is 289 g/mol. The molecule has 6 nitrogen and oxygen atoms in total. The average molecular weight is 289 g/mol. The summed E-state index contributed by atoms with van der Waals surface area (Å²) in [6.07, 6.45) is -2.29. The van der Waals surface area contributed by atoms with E-state index in [1.807, 2.05) is 0 Å². The third-order valence-electron chi connectivity index (χ3n) is 3.37. The highest BCUT2D eigenvalue weighted by Crippen LogP contribution is 2.24. The van der Waals surface area contributed by atoms with Crippen molar-refractivity contribution in [3.05, 3.63) is 34.3 Å². The molecule has 2 atom stereocenters. The van der Waals surface area contributed by atoms with Gasteiger partial charge in [-0.15, -0.1) is 0 Å². The molecule has 0 bridgehead atoms. The summed E-state index contributed by atoms with van der Waals surface area (Å²) in [6, 6.07) is -1.63. The second kappa shape index (κ2) is 4.80. The summed E-state index contributed by atoms with van der Waals surface area (Å²) >= 11 is 0. The first-order valence-corrected chi connectivity index (χ1v) is 6.35. The molecule has 108 valence electrons. The predicted octanol–water partition coefficient (Wildman–Crippen LogP) is 1.15. The second-order valence-corrected chi connectivity index (χ2v) is 4.82. The SMILES string of the molecule is [2H]c1cc2nc(C)n(C3([2H])C(=O)CC(=O)CC3[2H])c(=O)c2c(N)c1[2H]. The maximum atomic E-state index is 13.0. The number of Topliss-reactive ketones (excluding diaryl/α,β-unsaturated/α-hetero) is 2. The van der Waals surface area contributed by atoms with Crippen molar-refractivity contribution in [1.82, 2.24) is 9.55 Å². The number of aromatic nitrogens is 2. The zero-order valence-electron chi connectivity index (χ0n) is 15.3. The van der Waals surface area contributed by atoms with E-state index in [-0.39, 0.29) is 40.9 Å². The summed E-state index contributed by atoms with van der Waals surface area (Å²) in [6.45, 7) is 1.40. The summed E-state index contributed by atoms with van der Waals surface area (Å²) in [7, 11) is 0. The first-order valence-electron chi connectivity index (χ1n) is 8.43. The fraction of sp³-hybridized carbons (Fsp3) is 0.333. The van der Waals surface area contributed by atoms with Crippen molar-refractivity contribution < 1.29 is 15.1 Å². The van der Waals surface area contributed by atoms with E-state index in [1.54, 1.807) is 0 Å². The molecule has 2 aromatic rings. The van der Waals surface area contributed by atoms with E-state index in [4.69, 9.17) is 11.2 Å². The summed E-state index contributed by atoms with van der Waals surface area (Å²) in [5, 5.41) is -0.171. The Morgan fingerprint density at radius 3 is 3.00 bits per heavy atom. The molecule has 1 fully saturated rings. The lowest BCUT2D eigenvalue weighted by molar-refractivity contribution is -0.132. The standard InChI is InChI=1S/C15H15N3O3/c1-8-17-11-4-2-3-10(16)14(11)15(21)18(8)12-6-5-9(19)7-13(12)20/h2-4,12H,5-7,16H2,1H3/i2D,3D,6D,12D. The van der Waals surface area contributed by atoms with Crippen molar-refractivity contribution in [3.8, 4) is 0 Å². The van der Waals surface area contributed by atoms with Crippen LogP contribution in [0.3, 0.4) is 0 Å². The van der Waals surface area contributed by atoms with Crippen LogP contribution in [0, 0.1) is 6.92 Å². The van der Waals surface area contributed by atoms with Crippen molar-refractivity contribution in [2.45, 2.75) is 32.2 Å². The minimum atomic E-state index is -2.29. The third kappa shape index (κ3) is 2.12. The normalized spacial score (nSPS) is 28.9. The lowest BCUT2D eigenvalue weighted by Gasteiger charge is -2.24. The first-order chi connectivity index (χ1) is 11.6. The van der Waals surface area contributed by atoms with Crippen molar-refractivity contribution in [2.24, 2.45) is 0 Å². The molecule has 1 heterocycles. The van der Waals surface area contributed by atoms with Gasteiger partial charge in [0.25, 0.3) is 5.56 Å². The highest BCUT2D eigenvalue weighted by molar-refractivity contribution is 6.03. The summed E-state index contributed by atoms with van der Waals surface area (Å²) < 4.78 is 32.8. The number of nitrogens with two attached hydrogens (primary N) is 1. The van der Waals surface area contributed by atoms with Crippen LogP contribution in [0.25, 0.3) is 10.9 Å². The quantitative estimate of drug-likeness (QED) is 0.627. The van der Waals surface area contributed by atoms with Gasteiger partial charge in [0.05, 0.1) is 27.5 Å². The first kappa shape index (κ1) is 9.44. The maximum absolute atomic E-state index is 13.0. The number of carbonyl (C=O) groups excluding carboxylic acids is 2. The van der Waals surface area contributed by atoms with E-state index < -0.39 is 36.0 Å². The number of hydrogen-bond donors (Lipinski definition) is 1. The number of fused-ring (bicyclic) bond motifs is 1. The number of aryl methyl sites for hydroxylation is 1. The Labute approximate surface area is 126 Å². The highest BCUT2D eigenvalue weighted by Gasteiger charge is 2.30. The molecule has 0 amide bonds. The Balaban J connectivity index is 2.40. The molecular formula is C15H15N3O3. The average Bonchev–Trinajstić information content (AvgIpc) is 2.50. The van der Waals surface area contributed by atoms with Gasteiger partial charge >= 0.3 is 0 Å². The van der Waals surface area contributed by atoms with Crippen LogP contribution in [0.2, 0.25) is 0 Å². The smallest absolute Gasteiger partial charge is 0.264 e. The molecule has 1 aromatic heterocycles. The Bertz CT molecular complexity index is 1000. The van der Waals surface area contributed by atoms with Gasteiger partial charge < -0.3 is 5.73 Å². The Morgan fingerprint density at radius 1 is 1.52 bits per heavy atom. The Kier molecular flexibility index (Phi) is 2.16. The van der Waals surface area contributed by atoms with E-state index in [1.165, 1.54) is 13.0 Å². The van der Waals surface area contributed by atoms with Crippen LogP contribution in [0.1, 0.15) is 36.6 Å². The van der Waals surface area contributed by atoms with Crippen LogP contribution < -0.4 is 11.3 Å². The van der Waals surface area contributed by atoms with Gasteiger partial charge in [0, 0.05) is 13.5 Å². The van der Waals surface area contributed by atoms with Crippen LogP contribution in [0.4, 0.5) is 5.69 Å². The van der Waals surface area contributed by atoms with Gasteiger partial charge in [-0.1, -0.05) is 6.04 Å². The Morgan fingerprint density at radius 2 is 2.29 bits per heavy atom. The minimum Gasteiger partial charge on any atom is -0.398 e. The van der Waals surface area contributed by atoms with Gasteiger partial charge in [-0.05, 0) is 25.4 Å². The van der Waals surface area contributed by atoms with Crippen molar-refractivity contribution in [1.29, 1.82) is 0 Å². The summed E-state index contributed by atoms with van der Waals surface area (Å²) in [5.41, 5.74) is 4.78. The van der Waals surface area contributed by atoms with Gasteiger partial charge in [-0.2, -0.15) is 0 Å². The number of benzene rings is 1. The molecule has 1 aliphatic carbocycles. The molecule has 0 radical (unpaired) electrons. The maximum Gasteiger partial charge on any atom is 0.264 e. The lowest BCUT2D eigenvalue weighted by atomic mass is 9.92. The van der Waals surface area contributed by atoms with Crippen molar-refractivity contribution in [2.75, 3.05) is 5.73 Å². The van der Waals surface area contributed by atoms with E-state index in [9.17, 15) is 14.4 Å². The second-order valence-electron chi connectivity index (χ2n) is 4.82. The fourth-order valence-corrected chi connectivity index (χ4v) is 2.42. The molecule has 0 spiro atoms. The molecule has 6 heteroatoms. The lowest BCUT2D eigenvalue weighted by Crippen LogP contribution is -2.36. The molecule has 1 aromatic carbocycles. The van der Waals surface area contributed by atoms with Crippen molar-refractivity contribution in [3.63, 3.8) is 0 Å². The third-order valence-corrected chi connectivity index (χ3v) is 3.37. The summed E-state index contributed by atoms with van der Waals surface area (Å²) in [5.74, 6) is -1.29. The van der Waals surface area contributed by atoms with Crippen LogP contribution in [-0.4, -0.2) is 21.1 Å². The number of nitrogen functional groups attached to an aromatic ring is 1. The van der Waals surface area contributed by atoms with E-state index >= 15 is 0 Å². The molecule has 0 saturated heterocycles. The van der Waals surface area contributed by atoms with Gasteiger partial charge in [0.15, 0.2) is 5.78 Å². The van der Waals surface area contributed by atoms with Gasteiger partial charge in [0.1, 0.15) is 11.6 Å². The minimum absolute atomic E-state index is 0.00368. The molecular weight excluding hydrogens is 270 g/mol. The number of ketones is 2. The topological polar surface area (TPSA) is 95.0 Å². The summed E-state index contributed by atoms with van der Waals surface area (Å²) in [4.78, 5) is 41.0. The Hall–Kier alpha value is -2.50. The zero-order valence-corrected chi connectivity index (χ0v) is 11.3. The fourth-order valence-electron chi connectivity index (χ4n) is 2.42. The van der Waals surface area contributed by atoms with Crippen LogP contribution in [0.5, 0.6) is 0 Å². The number of nitrogens with zero attached hydrogens (tertiary/aromatic N) is 2. The molecule has 2 unspecified atom stereocenters. The van der Waals surface area contributed by atoms with Gasteiger partial charge in [-0.25, -0.2) is 4.98 Å². The zero-order chi connectivity index (χ0) is 18.7.